The molecule has 0 spiro atoms. The molecule has 5 heteroatoms. The van der Waals surface area contributed by atoms with Crippen LogP contribution in [0.2, 0.25) is 0 Å². The fourth-order valence-electron chi connectivity index (χ4n) is 0.358. The highest BCUT2D eigenvalue weighted by Crippen LogP contribution is 1.92. The summed E-state index contributed by atoms with van der Waals surface area (Å²) < 4.78 is 4.61. The van der Waals surface area contributed by atoms with E-state index < -0.39 is 4.92 Å². The fraction of sp³-hybridized carbons (Fsp3) is 0.167. The second kappa shape index (κ2) is 5.16. The van der Waals surface area contributed by atoms with Gasteiger partial charge >= 0.3 is 0 Å². The summed E-state index contributed by atoms with van der Waals surface area (Å²) in [5.41, 5.74) is 0. The Morgan fingerprint density at radius 1 is 1.73 bits per heavy atom. The minimum absolute atomic E-state index is 0.375. The molecule has 0 radical (unpaired) electrons. The molecule has 0 aliphatic rings. The lowest BCUT2D eigenvalue weighted by atomic mass is 10.5. The van der Waals surface area contributed by atoms with Gasteiger partial charge in [-0.2, -0.15) is 0 Å². The van der Waals surface area contributed by atoms with Crippen LogP contribution in [0.25, 0.3) is 0 Å². The highest BCUT2D eigenvalue weighted by atomic mass is 16.6. The summed E-state index contributed by atoms with van der Waals surface area (Å²) in [5, 5.41) is 8.81. The number of aldehydes is 1. The van der Waals surface area contributed by atoms with E-state index in [0.29, 0.717) is 12.0 Å². The summed E-state index contributed by atoms with van der Waals surface area (Å²) in [4.78, 5) is 18.1. The Morgan fingerprint density at radius 2 is 2.27 bits per heavy atom. The Bertz CT molecular complexity index is 212. The predicted molar refractivity (Wildman–Crippen MR) is 37.0 cm³/mol. The molecule has 0 aliphatic heterocycles. The van der Waals surface area contributed by atoms with E-state index in [0.717, 1.165) is 7.05 Å². The van der Waals surface area contributed by atoms with Crippen molar-refractivity contribution in [2.45, 2.75) is 0 Å². The third-order valence-corrected chi connectivity index (χ3v) is 0.659. The van der Waals surface area contributed by atoms with Gasteiger partial charge in [0.1, 0.15) is 0 Å². The summed E-state index contributed by atoms with van der Waals surface area (Å²) in [5.74, 6) is 0.375. The van der Waals surface area contributed by atoms with Crippen LogP contribution in [0.5, 0.6) is 0 Å². The third-order valence-electron chi connectivity index (χ3n) is 0.659. The van der Waals surface area contributed by atoms with Crippen LogP contribution in [-0.4, -0.2) is 18.3 Å². The molecule has 0 bridgehead atoms. The van der Waals surface area contributed by atoms with E-state index in [2.05, 4.69) is 4.42 Å². The van der Waals surface area contributed by atoms with Crippen molar-refractivity contribution < 1.29 is 14.1 Å². The Morgan fingerprint density at radius 3 is 2.45 bits per heavy atom. The van der Waals surface area contributed by atoms with Gasteiger partial charge in [0, 0.05) is 4.92 Å². The van der Waals surface area contributed by atoms with E-state index in [-0.39, 0.29) is 0 Å². The second-order valence-electron chi connectivity index (χ2n) is 1.57. The van der Waals surface area contributed by atoms with Crippen molar-refractivity contribution >= 4 is 6.29 Å². The van der Waals surface area contributed by atoms with E-state index in [9.17, 15) is 4.79 Å². The number of furan rings is 1. The van der Waals surface area contributed by atoms with Crippen LogP contribution in [0.4, 0.5) is 0 Å². The molecule has 11 heavy (non-hydrogen) atoms. The van der Waals surface area contributed by atoms with E-state index in [1.165, 1.54) is 6.26 Å². The maximum atomic E-state index is 9.77. The molecule has 0 aliphatic carbocycles. The summed E-state index contributed by atoms with van der Waals surface area (Å²) in [7, 11) is 0.889. The molecule has 0 atom stereocenters. The molecule has 1 rings (SSSR count). The highest BCUT2D eigenvalue weighted by Gasteiger charge is 1.84. The number of hydrogen-bond donors (Lipinski definition) is 0. The molecular formula is C6H7NO4. The summed E-state index contributed by atoms with van der Waals surface area (Å²) in [6, 6.07) is 3.27. The number of nitro groups is 1. The first-order valence-electron chi connectivity index (χ1n) is 2.73. The standard InChI is InChI=1S/C5H4O2.CH3NO2/c6-4-5-2-1-3-7-5;1-2(3)4/h1-4H;1H3. The normalized spacial score (nSPS) is 7.73. The third kappa shape index (κ3) is 6.23. The van der Waals surface area contributed by atoms with Gasteiger partial charge in [-0.15, -0.1) is 0 Å². The topological polar surface area (TPSA) is 73.3 Å². The monoisotopic (exact) mass is 157 g/mol. The number of carbonyl (C=O) groups excluding carboxylic acids is 1. The van der Waals surface area contributed by atoms with Crippen LogP contribution in [0, 0.1) is 10.1 Å². The van der Waals surface area contributed by atoms with Gasteiger partial charge in [0.05, 0.1) is 6.26 Å². The van der Waals surface area contributed by atoms with Crippen LogP contribution in [0.3, 0.4) is 0 Å². The van der Waals surface area contributed by atoms with Gasteiger partial charge in [0.15, 0.2) is 19.1 Å². The molecule has 0 saturated heterocycles. The summed E-state index contributed by atoms with van der Waals surface area (Å²) in [6.07, 6.45) is 2.13. The van der Waals surface area contributed by atoms with E-state index >= 15 is 0 Å². The van der Waals surface area contributed by atoms with Crippen molar-refractivity contribution in [1.29, 1.82) is 0 Å². The smallest absolute Gasteiger partial charge is 0.194 e. The molecule has 1 aromatic rings. The van der Waals surface area contributed by atoms with Crippen molar-refractivity contribution in [2.24, 2.45) is 0 Å². The average Bonchev–Trinajstić information content (AvgIpc) is 2.36. The quantitative estimate of drug-likeness (QED) is 0.346. The fourth-order valence-corrected chi connectivity index (χ4v) is 0.358. The van der Waals surface area contributed by atoms with Gasteiger partial charge < -0.3 is 4.42 Å². The molecule has 5 nitrogen and oxygen atoms in total. The minimum atomic E-state index is -0.500. The number of carbonyl (C=O) groups is 1. The van der Waals surface area contributed by atoms with Crippen LogP contribution in [0.15, 0.2) is 22.8 Å². The van der Waals surface area contributed by atoms with Crippen molar-refractivity contribution in [3.63, 3.8) is 0 Å². The van der Waals surface area contributed by atoms with E-state index in [1.807, 2.05) is 0 Å². The zero-order valence-corrected chi connectivity index (χ0v) is 5.89. The van der Waals surface area contributed by atoms with Crippen molar-refractivity contribution in [2.75, 3.05) is 7.05 Å². The second-order valence-corrected chi connectivity index (χ2v) is 1.57. The molecule has 1 aromatic heterocycles. The predicted octanol–water partition coefficient (Wildman–Crippen LogP) is 0.985. The van der Waals surface area contributed by atoms with Crippen LogP contribution in [-0.2, 0) is 0 Å². The van der Waals surface area contributed by atoms with Crippen molar-refractivity contribution in [3.05, 3.63) is 34.3 Å². The van der Waals surface area contributed by atoms with Crippen molar-refractivity contribution in [1.82, 2.24) is 0 Å². The number of hydrogen-bond acceptors (Lipinski definition) is 4. The SMILES string of the molecule is C[N+](=O)[O-].O=Cc1ccco1. The zero-order valence-electron chi connectivity index (χ0n) is 5.89. The zero-order chi connectivity index (χ0) is 8.69. The first-order valence-corrected chi connectivity index (χ1v) is 2.73. The average molecular weight is 157 g/mol. The lowest BCUT2D eigenvalue weighted by Gasteiger charge is -1.68. The van der Waals surface area contributed by atoms with E-state index in [1.54, 1.807) is 12.1 Å². The lowest BCUT2D eigenvalue weighted by Crippen LogP contribution is -1.79. The largest absolute Gasteiger partial charge is 0.462 e. The molecule has 60 valence electrons. The number of rotatable bonds is 1. The molecule has 0 amide bonds. The van der Waals surface area contributed by atoms with Crippen molar-refractivity contribution in [3.8, 4) is 0 Å². The molecule has 0 aromatic carbocycles. The van der Waals surface area contributed by atoms with Gasteiger partial charge in [0.25, 0.3) is 0 Å². The summed E-state index contributed by atoms with van der Waals surface area (Å²) >= 11 is 0. The Hall–Kier alpha value is -1.65. The lowest BCUT2D eigenvalue weighted by molar-refractivity contribution is -0.445. The van der Waals surface area contributed by atoms with Gasteiger partial charge in [-0.05, 0) is 12.1 Å². The van der Waals surface area contributed by atoms with E-state index in [4.69, 9.17) is 10.1 Å². The van der Waals surface area contributed by atoms with Crippen LogP contribution in [0.1, 0.15) is 10.6 Å². The highest BCUT2D eigenvalue weighted by molar-refractivity contribution is 5.69. The minimum Gasteiger partial charge on any atom is -0.462 e. The molecule has 0 fully saturated rings. The maximum Gasteiger partial charge on any atom is 0.194 e. The van der Waals surface area contributed by atoms with Crippen LogP contribution >= 0.6 is 0 Å². The molecular weight excluding hydrogens is 150 g/mol. The molecule has 0 unspecified atom stereocenters. The number of nitrogens with zero attached hydrogens (tertiary/aromatic N) is 1. The first kappa shape index (κ1) is 9.35. The maximum absolute atomic E-state index is 9.77. The Kier molecular flexibility index (Phi) is 4.39. The van der Waals surface area contributed by atoms with Gasteiger partial charge in [0.2, 0.25) is 0 Å². The molecule has 0 N–H and O–H groups in total. The first-order chi connectivity index (χ1) is 5.16. The summed E-state index contributed by atoms with van der Waals surface area (Å²) in [6.45, 7) is 0. The van der Waals surface area contributed by atoms with Gasteiger partial charge in [-0.1, -0.05) is 0 Å². The Labute approximate surface area is 62.8 Å². The molecule has 1 heterocycles. The van der Waals surface area contributed by atoms with Gasteiger partial charge in [-0.25, -0.2) is 0 Å². The van der Waals surface area contributed by atoms with Gasteiger partial charge in [-0.3, -0.25) is 14.9 Å². The molecule has 0 saturated carbocycles. The Balaban J connectivity index is 0.000000218. The van der Waals surface area contributed by atoms with Crippen LogP contribution < -0.4 is 0 Å².